The molecule has 7 heteroatoms. The van der Waals surface area contributed by atoms with Crippen LogP contribution in [0.2, 0.25) is 0 Å². The molecule has 0 radical (unpaired) electrons. The van der Waals surface area contributed by atoms with Gasteiger partial charge in [0.25, 0.3) is 0 Å². The van der Waals surface area contributed by atoms with Crippen LogP contribution in [0.3, 0.4) is 0 Å². The van der Waals surface area contributed by atoms with Gasteiger partial charge in [0.15, 0.2) is 0 Å². The zero-order valence-corrected chi connectivity index (χ0v) is 15.6. The predicted molar refractivity (Wildman–Crippen MR) is 98.4 cm³/mol. The van der Waals surface area contributed by atoms with Gasteiger partial charge in [0.2, 0.25) is 11.8 Å². The number of carbonyl (C=O) groups is 2. The molecule has 144 valence electrons. The SMILES string of the molecule is C#CCNC(=O)CC[C@H]1CNC(=O)[C@@H]2[C@@H](CCN2C2CCOCC2)N1C. The van der Waals surface area contributed by atoms with E-state index in [0.717, 1.165) is 39.0 Å². The van der Waals surface area contributed by atoms with E-state index in [2.05, 4.69) is 33.4 Å². The number of nitrogens with zero attached hydrogens (tertiary/aromatic N) is 2. The summed E-state index contributed by atoms with van der Waals surface area (Å²) in [5, 5.41) is 5.82. The van der Waals surface area contributed by atoms with Crippen molar-refractivity contribution in [2.45, 2.75) is 56.3 Å². The molecule has 2 amide bonds. The Balaban J connectivity index is 1.62. The van der Waals surface area contributed by atoms with Crippen molar-refractivity contribution in [3.8, 4) is 12.3 Å². The van der Waals surface area contributed by atoms with Crippen LogP contribution in [-0.2, 0) is 14.3 Å². The zero-order chi connectivity index (χ0) is 18.5. The molecule has 3 aliphatic heterocycles. The first kappa shape index (κ1) is 19.2. The van der Waals surface area contributed by atoms with Gasteiger partial charge in [-0.15, -0.1) is 6.42 Å². The third kappa shape index (κ3) is 4.20. The molecule has 3 saturated heterocycles. The van der Waals surface area contributed by atoms with E-state index in [0.29, 0.717) is 25.4 Å². The summed E-state index contributed by atoms with van der Waals surface area (Å²) in [7, 11) is 2.09. The number of fused-ring (bicyclic) bond motifs is 1. The summed E-state index contributed by atoms with van der Waals surface area (Å²) in [4.78, 5) is 29.4. The van der Waals surface area contributed by atoms with E-state index in [4.69, 9.17) is 11.2 Å². The van der Waals surface area contributed by atoms with E-state index in [1.54, 1.807) is 0 Å². The molecular formula is C19H30N4O3. The lowest BCUT2D eigenvalue weighted by Crippen LogP contribution is -2.53. The van der Waals surface area contributed by atoms with Crippen LogP contribution in [0, 0.1) is 12.3 Å². The Hall–Kier alpha value is -1.62. The number of likely N-dealkylation sites (N-methyl/N-ethyl adjacent to an activating group) is 1. The molecule has 26 heavy (non-hydrogen) atoms. The Morgan fingerprint density at radius 1 is 1.38 bits per heavy atom. The first-order valence-corrected chi connectivity index (χ1v) is 9.65. The quantitative estimate of drug-likeness (QED) is 0.649. The number of ether oxygens (including phenoxy) is 1. The molecule has 3 heterocycles. The Bertz CT molecular complexity index is 555. The van der Waals surface area contributed by atoms with Crippen molar-refractivity contribution in [3.63, 3.8) is 0 Å². The molecule has 2 N–H and O–H groups in total. The minimum atomic E-state index is -0.0941. The summed E-state index contributed by atoms with van der Waals surface area (Å²) in [5.74, 6) is 2.51. The van der Waals surface area contributed by atoms with E-state index in [9.17, 15) is 9.59 Å². The van der Waals surface area contributed by atoms with Gasteiger partial charge in [-0.2, -0.15) is 0 Å². The maximum Gasteiger partial charge on any atom is 0.239 e. The van der Waals surface area contributed by atoms with Crippen LogP contribution in [0.1, 0.15) is 32.1 Å². The third-order valence-electron chi connectivity index (χ3n) is 6.04. The first-order chi connectivity index (χ1) is 12.6. The number of rotatable bonds is 5. The van der Waals surface area contributed by atoms with Gasteiger partial charge in [-0.1, -0.05) is 5.92 Å². The number of terminal acetylenes is 1. The van der Waals surface area contributed by atoms with Crippen molar-refractivity contribution in [2.75, 3.05) is 39.9 Å². The molecule has 0 bridgehead atoms. The highest BCUT2D eigenvalue weighted by Gasteiger charge is 2.47. The smallest absolute Gasteiger partial charge is 0.239 e. The topological polar surface area (TPSA) is 73.9 Å². The summed E-state index contributed by atoms with van der Waals surface area (Å²) < 4.78 is 5.48. The van der Waals surface area contributed by atoms with Gasteiger partial charge < -0.3 is 15.4 Å². The van der Waals surface area contributed by atoms with E-state index >= 15 is 0 Å². The van der Waals surface area contributed by atoms with Crippen LogP contribution >= 0.6 is 0 Å². The normalized spacial score (nSPS) is 30.9. The highest BCUT2D eigenvalue weighted by Crippen LogP contribution is 2.31. The van der Waals surface area contributed by atoms with E-state index < -0.39 is 0 Å². The molecule has 0 aromatic carbocycles. The van der Waals surface area contributed by atoms with Crippen molar-refractivity contribution in [1.29, 1.82) is 0 Å². The Labute approximate surface area is 155 Å². The number of amides is 2. The summed E-state index contributed by atoms with van der Waals surface area (Å²) in [6.45, 7) is 3.37. The van der Waals surface area contributed by atoms with E-state index in [-0.39, 0.29) is 36.5 Å². The lowest BCUT2D eigenvalue weighted by Gasteiger charge is -2.37. The van der Waals surface area contributed by atoms with Gasteiger partial charge in [-0.3, -0.25) is 19.4 Å². The Morgan fingerprint density at radius 2 is 2.15 bits per heavy atom. The minimum absolute atomic E-state index is 0.0290. The maximum atomic E-state index is 12.8. The van der Waals surface area contributed by atoms with Crippen LogP contribution in [0.25, 0.3) is 0 Å². The van der Waals surface area contributed by atoms with Crippen LogP contribution in [-0.4, -0.2) is 85.7 Å². The summed E-state index contributed by atoms with van der Waals surface area (Å²) in [6, 6.07) is 0.714. The standard InChI is InChI=1S/C19H30N4O3/c1-3-9-20-17(24)5-4-15-13-21-19(25)18-16(22(15)2)6-10-23(18)14-7-11-26-12-8-14/h1,14-16,18H,4-13H2,2H3,(H,20,24)(H,21,25)/t15-,16+,18-/m0/s1. The molecule has 0 aromatic rings. The van der Waals surface area contributed by atoms with Crippen molar-refractivity contribution in [1.82, 2.24) is 20.4 Å². The maximum absolute atomic E-state index is 12.8. The molecule has 3 fully saturated rings. The van der Waals surface area contributed by atoms with Gasteiger partial charge in [-0.25, -0.2) is 0 Å². The summed E-state index contributed by atoms with van der Waals surface area (Å²) in [6.07, 6.45) is 9.30. The highest BCUT2D eigenvalue weighted by molar-refractivity contribution is 5.83. The fourth-order valence-corrected chi connectivity index (χ4v) is 4.56. The van der Waals surface area contributed by atoms with E-state index in [1.165, 1.54) is 0 Å². The highest BCUT2D eigenvalue weighted by atomic mass is 16.5. The van der Waals surface area contributed by atoms with Crippen molar-refractivity contribution >= 4 is 11.8 Å². The molecule has 0 aliphatic carbocycles. The van der Waals surface area contributed by atoms with E-state index in [1.807, 2.05) is 0 Å². The fourth-order valence-electron chi connectivity index (χ4n) is 4.56. The van der Waals surface area contributed by atoms with Gasteiger partial charge in [0.1, 0.15) is 6.04 Å². The zero-order valence-electron chi connectivity index (χ0n) is 15.6. The number of nitrogens with one attached hydrogen (secondary N) is 2. The largest absolute Gasteiger partial charge is 0.381 e. The Morgan fingerprint density at radius 3 is 2.88 bits per heavy atom. The molecule has 0 spiro atoms. The monoisotopic (exact) mass is 362 g/mol. The number of likely N-dealkylation sites (tertiary alicyclic amines) is 1. The summed E-state index contributed by atoms with van der Waals surface area (Å²) >= 11 is 0. The average molecular weight is 362 g/mol. The van der Waals surface area contributed by atoms with Crippen LogP contribution in [0.4, 0.5) is 0 Å². The molecule has 0 saturated carbocycles. The minimum Gasteiger partial charge on any atom is -0.381 e. The predicted octanol–water partition coefficient (Wildman–Crippen LogP) is -0.432. The van der Waals surface area contributed by atoms with Crippen LogP contribution < -0.4 is 10.6 Å². The van der Waals surface area contributed by atoms with Gasteiger partial charge in [0, 0.05) is 50.8 Å². The van der Waals surface area contributed by atoms with Crippen LogP contribution in [0.15, 0.2) is 0 Å². The summed E-state index contributed by atoms with van der Waals surface area (Å²) in [5.41, 5.74) is 0. The second-order valence-electron chi connectivity index (χ2n) is 7.47. The lowest BCUT2D eigenvalue weighted by atomic mass is 10.0. The first-order valence-electron chi connectivity index (χ1n) is 9.65. The molecule has 0 unspecified atom stereocenters. The van der Waals surface area contributed by atoms with Crippen molar-refractivity contribution in [2.24, 2.45) is 0 Å². The lowest BCUT2D eigenvalue weighted by molar-refractivity contribution is -0.127. The molecular weight excluding hydrogens is 332 g/mol. The molecule has 3 atom stereocenters. The molecule has 0 aromatic heterocycles. The van der Waals surface area contributed by atoms with Gasteiger partial charge >= 0.3 is 0 Å². The molecule has 7 nitrogen and oxygen atoms in total. The Kier molecular flexibility index (Phi) is 6.52. The number of carbonyl (C=O) groups excluding carboxylic acids is 2. The van der Waals surface area contributed by atoms with Crippen molar-refractivity contribution < 1.29 is 14.3 Å². The number of hydrogen-bond acceptors (Lipinski definition) is 5. The second kappa shape index (κ2) is 8.85. The average Bonchev–Trinajstić information content (AvgIpc) is 3.07. The van der Waals surface area contributed by atoms with Gasteiger partial charge in [-0.05, 0) is 32.7 Å². The number of hydrogen-bond donors (Lipinski definition) is 2. The molecule has 3 aliphatic rings. The fraction of sp³-hybridized carbons (Fsp3) is 0.789. The van der Waals surface area contributed by atoms with Gasteiger partial charge in [0.05, 0.1) is 6.54 Å². The second-order valence-corrected chi connectivity index (χ2v) is 7.47. The van der Waals surface area contributed by atoms with Crippen molar-refractivity contribution in [3.05, 3.63) is 0 Å². The molecule has 3 rings (SSSR count). The third-order valence-corrected chi connectivity index (χ3v) is 6.04. The van der Waals surface area contributed by atoms with Crippen LogP contribution in [0.5, 0.6) is 0 Å².